The van der Waals surface area contributed by atoms with E-state index >= 15 is 0 Å². The van der Waals surface area contributed by atoms with Crippen LogP contribution in [-0.2, 0) is 0 Å². The summed E-state index contributed by atoms with van der Waals surface area (Å²) in [5.74, 6) is 0. The van der Waals surface area contributed by atoms with Crippen molar-refractivity contribution in [3.05, 3.63) is 146 Å². The first-order valence-corrected chi connectivity index (χ1v) is 15.7. The van der Waals surface area contributed by atoms with E-state index in [-0.39, 0.29) is 0 Å². The zero-order chi connectivity index (χ0) is 29.9. The molecule has 0 bridgehead atoms. The molecule has 4 nitrogen and oxygen atoms in total. The fraction of sp³-hybridized carbons (Fsp3) is 0. The summed E-state index contributed by atoms with van der Waals surface area (Å²) in [7, 11) is 0. The summed E-state index contributed by atoms with van der Waals surface area (Å²) < 4.78 is 4.72. The van der Waals surface area contributed by atoms with Crippen molar-refractivity contribution in [2.75, 3.05) is 0 Å². The summed E-state index contributed by atoms with van der Waals surface area (Å²) in [5.41, 5.74) is 12.0. The van der Waals surface area contributed by atoms with Crippen LogP contribution in [0.25, 0.3) is 98.8 Å². The lowest BCUT2D eigenvalue weighted by Gasteiger charge is -2.12. The van der Waals surface area contributed by atoms with Gasteiger partial charge in [-0.05, 0) is 70.4 Å². The van der Waals surface area contributed by atoms with Crippen molar-refractivity contribution in [3.63, 3.8) is 0 Å². The van der Waals surface area contributed by atoms with E-state index in [0.717, 1.165) is 38.8 Å². The van der Waals surface area contributed by atoms with Crippen molar-refractivity contribution < 1.29 is 0 Å². The molecule has 4 heteroatoms. The van der Waals surface area contributed by atoms with Gasteiger partial charge in [0, 0.05) is 32.6 Å². The second kappa shape index (κ2) is 8.68. The maximum absolute atomic E-state index is 5.13. The molecule has 7 aromatic carbocycles. The number of hydrogen-bond donors (Lipinski definition) is 0. The Kier molecular flexibility index (Phi) is 4.55. The van der Waals surface area contributed by atoms with E-state index in [4.69, 9.17) is 9.97 Å². The van der Waals surface area contributed by atoms with Crippen LogP contribution in [0.1, 0.15) is 0 Å². The average Bonchev–Trinajstić information content (AvgIpc) is 3.75. The van der Waals surface area contributed by atoms with E-state index < -0.39 is 0 Å². The first-order valence-electron chi connectivity index (χ1n) is 15.7. The van der Waals surface area contributed by atoms with Crippen LogP contribution in [0.15, 0.2) is 146 Å². The van der Waals surface area contributed by atoms with Crippen LogP contribution in [0, 0.1) is 0 Å². The molecule has 4 aromatic heterocycles. The van der Waals surface area contributed by atoms with E-state index in [2.05, 4.69) is 130 Å². The Morgan fingerprint density at radius 2 is 1.13 bits per heavy atom. The molecule has 0 saturated heterocycles. The SMILES string of the molecule is c1ccc(-n2c3ccccc3c3c4ccccc4c(-c4ccc5c(c4)c4cccc6c7nc8ccccc8nc7n5c46)cc32)cc1. The minimum Gasteiger partial charge on any atom is -0.309 e. The topological polar surface area (TPSA) is 35.1 Å². The van der Waals surface area contributed by atoms with E-state index in [1.165, 1.54) is 60.0 Å². The quantitative estimate of drug-likeness (QED) is 0.203. The van der Waals surface area contributed by atoms with Crippen molar-refractivity contribution in [3.8, 4) is 16.8 Å². The molecule has 0 atom stereocenters. The Hall–Kier alpha value is -6.26. The summed E-state index contributed by atoms with van der Waals surface area (Å²) in [5, 5.41) is 8.67. The number of aromatic nitrogens is 4. The van der Waals surface area contributed by atoms with Crippen molar-refractivity contribution in [2.24, 2.45) is 0 Å². The molecule has 212 valence electrons. The van der Waals surface area contributed by atoms with Gasteiger partial charge in [0.15, 0.2) is 5.65 Å². The normalized spacial score (nSPS) is 12.3. The average molecular weight is 585 g/mol. The lowest BCUT2D eigenvalue weighted by Crippen LogP contribution is -1.94. The van der Waals surface area contributed by atoms with Crippen LogP contribution < -0.4 is 0 Å². The predicted octanol–water partition coefficient (Wildman–Crippen LogP) is 10.7. The van der Waals surface area contributed by atoms with E-state index in [1.807, 2.05) is 24.3 Å². The molecular weight excluding hydrogens is 560 g/mol. The molecule has 11 aromatic rings. The maximum Gasteiger partial charge on any atom is 0.165 e. The predicted molar refractivity (Wildman–Crippen MR) is 191 cm³/mol. The van der Waals surface area contributed by atoms with Crippen molar-refractivity contribution in [1.82, 2.24) is 18.9 Å². The number of para-hydroxylation sites is 5. The van der Waals surface area contributed by atoms with Gasteiger partial charge in [-0.15, -0.1) is 0 Å². The monoisotopic (exact) mass is 584 g/mol. The lowest BCUT2D eigenvalue weighted by molar-refractivity contribution is 1.18. The fourth-order valence-corrected chi connectivity index (χ4v) is 7.90. The molecule has 0 N–H and O–H groups in total. The largest absolute Gasteiger partial charge is 0.309 e. The number of hydrogen-bond acceptors (Lipinski definition) is 2. The van der Waals surface area contributed by atoms with Gasteiger partial charge in [0.05, 0.1) is 33.1 Å². The first-order chi connectivity index (χ1) is 22.8. The Morgan fingerprint density at radius 3 is 2.00 bits per heavy atom. The van der Waals surface area contributed by atoms with Gasteiger partial charge in [-0.25, -0.2) is 9.97 Å². The summed E-state index contributed by atoms with van der Waals surface area (Å²) in [6, 6.07) is 52.4. The molecule has 0 amide bonds. The van der Waals surface area contributed by atoms with Crippen LogP contribution in [0.5, 0.6) is 0 Å². The molecule has 0 saturated carbocycles. The smallest absolute Gasteiger partial charge is 0.165 e. The fourth-order valence-electron chi connectivity index (χ4n) is 7.90. The minimum atomic E-state index is 0.909. The summed E-state index contributed by atoms with van der Waals surface area (Å²) in [6.45, 7) is 0. The zero-order valence-electron chi connectivity index (χ0n) is 24.6. The number of nitrogens with zero attached hydrogens (tertiary/aromatic N) is 4. The van der Waals surface area contributed by atoms with Crippen LogP contribution >= 0.6 is 0 Å². The van der Waals surface area contributed by atoms with Gasteiger partial charge in [0.25, 0.3) is 0 Å². The van der Waals surface area contributed by atoms with E-state index in [0.29, 0.717) is 0 Å². The Morgan fingerprint density at radius 1 is 0.435 bits per heavy atom. The third-order valence-corrected chi connectivity index (χ3v) is 9.81. The molecule has 4 heterocycles. The molecule has 0 aliphatic rings. The Labute approximate surface area is 262 Å². The zero-order valence-corrected chi connectivity index (χ0v) is 24.6. The van der Waals surface area contributed by atoms with Gasteiger partial charge < -0.3 is 4.57 Å². The van der Waals surface area contributed by atoms with Crippen molar-refractivity contribution >= 4 is 82.0 Å². The molecule has 0 radical (unpaired) electrons. The van der Waals surface area contributed by atoms with E-state index in [1.54, 1.807) is 0 Å². The van der Waals surface area contributed by atoms with Gasteiger partial charge >= 0.3 is 0 Å². The number of fused-ring (bicyclic) bond motifs is 12. The molecule has 0 aliphatic heterocycles. The molecule has 46 heavy (non-hydrogen) atoms. The van der Waals surface area contributed by atoms with Gasteiger partial charge in [-0.1, -0.05) is 97.1 Å². The van der Waals surface area contributed by atoms with Crippen LogP contribution in [-0.4, -0.2) is 18.9 Å². The second-order valence-corrected chi connectivity index (χ2v) is 12.2. The highest BCUT2D eigenvalue weighted by Gasteiger charge is 2.22. The molecule has 11 rings (SSSR count). The minimum absolute atomic E-state index is 0.909. The highest BCUT2D eigenvalue weighted by atomic mass is 15.0. The number of benzene rings is 7. The van der Waals surface area contributed by atoms with Crippen LogP contribution in [0.3, 0.4) is 0 Å². The van der Waals surface area contributed by atoms with Crippen LogP contribution in [0.2, 0.25) is 0 Å². The standard InChI is InChI=1S/C42H24N4/c1-2-11-26(12-3-1)45-36-20-9-6-15-30(36)39-28-14-5-4-13-27(28)32(24-38(39)45)25-21-22-37-33(23-25)29-16-10-17-31-40-42(46(37)41(29)31)44-35-19-8-7-18-34(35)43-40/h1-24H. The molecule has 0 aliphatic carbocycles. The highest BCUT2D eigenvalue weighted by Crippen LogP contribution is 2.44. The van der Waals surface area contributed by atoms with Gasteiger partial charge in [-0.3, -0.25) is 4.40 Å². The van der Waals surface area contributed by atoms with Gasteiger partial charge in [-0.2, -0.15) is 0 Å². The summed E-state index contributed by atoms with van der Waals surface area (Å²) in [4.78, 5) is 10.2. The van der Waals surface area contributed by atoms with Gasteiger partial charge in [0.1, 0.15) is 5.52 Å². The van der Waals surface area contributed by atoms with Crippen molar-refractivity contribution in [2.45, 2.75) is 0 Å². The van der Waals surface area contributed by atoms with Crippen molar-refractivity contribution in [1.29, 1.82) is 0 Å². The third kappa shape index (κ3) is 3.03. The lowest BCUT2D eigenvalue weighted by atomic mass is 9.94. The van der Waals surface area contributed by atoms with Gasteiger partial charge in [0.2, 0.25) is 0 Å². The highest BCUT2D eigenvalue weighted by molar-refractivity contribution is 6.26. The summed E-state index contributed by atoms with van der Waals surface area (Å²) >= 11 is 0. The first kappa shape index (κ1) is 24.1. The molecule has 0 unspecified atom stereocenters. The molecule has 0 spiro atoms. The Balaban J connectivity index is 1.25. The molecule has 0 fully saturated rings. The third-order valence-electron chi connectivity index (χ3n) is 9.81. The van der Waals surface area contributed by atoms with Crippen LogP contribution in [0.4, 0.5) is 0 Å². The summed E-state index contributed by atoms with van der Waals surface area (Å²) in [6.07, 6.45) is 0. The Bertz CT molecular complexity index is 3020. The maximum atomic E-state index is 5.13. The second-order valence-electron chi connectivity index (χ2n) is 12.2. The van der Waals surface area contributed by atoms with E-state index in [9.17, 15) is 0 Å². The molecular formula is C42H24N4. The number of rotatable bonds is 2.